The summed E-state index contributed by atoms with van der Waals surface area (Å²) in [5, 5.41) is 8.83. The smallest absolute Gasteiger partial charge is 0.254 e. The van der Waals surface area contributed by atoms with Crippen LogP contribution in [0.25, 0.3) is 0 Å². The van der Waals surface area contributed by atoms with Gasteiger partial charge in [0.2, 0.25) is 0 Å². The van der Waals surface area contributed by atoms with E-state index >= 15 is 0 Å². The molecule has 1 amide bonds. The quantitative estimate of drug-likeness (QED) is 0.770. The molecule has 0 atom stereocenters. The van der Waals surface area contributed by atoms with Crippen molar-refractivity contribution in [3.05, 3.63) is 41.3 Å². The van der Waals surface area contributed by atoms with E-state index in [1.165, 1.54) is 25.4 Å². The molecule has 4 N–H and O–H groups in total. The van der Waals surface area contributed by atoms with Gasteiger partial charge in [-0.15, -0.1) is 0 Å². The molecule has 2 aromatic rings. The number of hydrogen-bond acceptors (Lipinski definition) is 4. The number of carbonyl (C=O) groups is 1. The van der Waals surface area contributed by atoms with Crippen LogP contribution in [-0.4, -0.2) is 23.2 Å². The minimum atomic E-state index is -0.642. The van der Waals surface area contributed by atoms with Crippen molar-refractivity contribution in [1.82, 2.24) is 15.5 Å². The molecule has 0 aliphatic heterocycles. The zero-order valence-electron chi connectivity index (χ0n) is 10.2. The Balaban J connectivity index is 2.06. The number of nitrogens with one attached hydrogen (secondary N) is 2. The molecule has 100 valence electrons. The lowest BCUT2D eigenvalue weighted by molar-refractivity contribution is 0.0947. The number of amides is 1. The average Bonchev–Trinajstić information content (AvgIpc) is 2.81. The number of halogens is 1. The zero-order valence-corrected chi connectivity index (χ0v) is 10.2. The number of benzene rings is 1. The second-order valence-electron chi connectivity index (χ2n) is 3.84. The summed E-state index contributed by atoms with van der Waals surface area (Å²) in [4.78, 5) is 11.8. The standard InChI is InChI=1S/C12H13FN4O2/c1-19-8-2-3-9(10(13)4-8)12(18)15-5-7-6-16-17-11(7)14/h2-4,6H,5H2,1H3,(H,15,18)(H3,14,16,17). The summed E-state index contributed by atoms with van der Waals surface area (Å²) in [7, 11) is 1.43. The number of aromatic nitrogens is 2. The van der Waals surface area contributed by atoms with Crippen LogP contribution in [0.4, 0.5) is 10.2 Å². The van der Waals surface area contributed by atoms with Crippen molar-refractivity contribution in [2.45, 2.75) is 6.54 Å². The number of carbonyl (C=O) groups excluding carboxylic acids is 1. The third-order valence-electron chi connectivity index (χ3n) is 2.61. The molecule has 0 saturated heterocycles. The van der Waals surface area contributed by atoms with E-state index in [4.69, 9.17) is 10.5 Å². The van der Waals surface area contributed by atoms with Gasteiger partial charge in [0.05, 0.1) is 18.9 Å². The Morgan fingerprint density at radius 1 is 1.58 bits per heavy atom. The highest BCUT2D eigenvalue weighted by Crippen LogP contribution is 2.16. The molecule has 0 spiro atoms. The number of rotatable bonds is 4. The van der Waals surface area contributed by atoms with E-state index < -0.39 is 11.7 Å². The van der Waals surface area contributed by atoms with Gasteiger partial charge >= 0.3 is 0 Å². The molecule has 1 aromatic heterocycles. The molecule has 1 heterocycles. The lowest BCUT2D eigenvalue weighted by Crippen LogP contribution is -2.24. The second-order valence-corrected chi connectivity index (χ2v) is 3.84. The number of methoxy groups -OCH3 is 1. The van der Waals surface area contributed by atoms with Crippen molar-refractivity contribution in [1.29, 1.82) is 0 Å². The summed E-state index contributed by atoms with van der Waals surface area (Å²) >= 11 is 0. The molecule has 7 heteroatoms. The molecule has 0 aliphatic rings. The van der Waals surface area contributed by atoms with Gasteiger partial charge in [-0.25, -0.2) is 4.39 Å². The molecule has 19 heavy (non-hydrogen) atoms. The van der Waals surface area contributed by atoms with Gasteiger partial charge in [0.1, 0.15) is 17.4 Å². The van der Waals surface area contributed by atoms with Crippen LogP contribution in [0.2, 0.25) is 0 Å². The Hall–Kier alpha value is -2.57. The zero-order chi connectivity index (χ0) is 13.8. The summed E-state index contributed by atoms with van der Waals surface area (Å²) in [6.45, 7) is 0.173. The molecular formula is C12H13FN4O2. The van der Waals surface area contributed by atoms with Crippen molar-refractivity contribution in [3.63, 3.8) is 0 Å². The molecule has 0 bridgehead atoms. The van der Waals surface area contributed by atoms with Crippen LogP contribution < -0.4 is 15.8 Å². The number of H-pyrrole nitrogens is 1. The average molecular weight is 264 g/mol. The summed E-state index contributed by atoms with van der Waals surface area (Å²) in [6.07, 6.45) is 1.50. The first kappa shape index (κ1) is 12.9. The first-order chi connectivity index (χ1) is 9.11. The van der Waals surface area contributed by atoms with Crippen LogP contribution in [0.1, 0.15) is 15.9 Å². The maximum absolute atomic E-state index is 13.6. The highest BCUT2D eigenvalue weighted by molar-refractivity contribution is 5.94. The summed E-state index contributed by atoms with van der Waals surface area (Å²) in [5.74, 6) is -0.443. The highest BCUT2D eigenvalue weighted by atomic mass is 19.1. The first-order valence-corrected chi connectivity index (χ1v) is 5.51. The van der Waals surface area contributed by atoms with Crippen molar-refractivity contribution in [3.8, 4) is 5.75 Å². The summed E-state index contributed by atoms with van der Waals surface area (Å²) < 4.78 is 18.5. The Kier molecular flexibility index (Phi) is 3.65. The number of anilines is 1. The third kappa shape index (κ3) is 2.82. The predicted octanol–water partition coefficient (Wildman–Crippen LogP) is 1.07. The van der Waals surface area contributed by atoms with E-state index in [0.717, 1.165) is 6.07 Å². The Bertz CT molecular complexity index is 597. The first-order valence-electron chi connectivity index (χ1n) is 5.51. The van der Waals surface area contributed by atoms with Gasteiger partial charge in [0, 0.05) is 18.2 Å². The van der Waals surface area contributed by atoms with Gasteiger partial charge in [-0.3, -0.25) is 9.89 Å². The fourth-order valence-electron chi connectivity index (χ4n) is 1.54. The third-order valence-corrected chi connectivity index (χ3v) is 2.61. The molecule has 2 rings (SSSR count). The fourth-order valence-corrected chi connectivity index (χ4v) is 1.54. The second kappa shape index (κ2) is 5.38. The van der Waals surface area contributed by atoms with Crippen LogP contribution in [0, 0.1) is 5.82 Å². The SMILES string of the molecule is COc1ccc(C(=O)NCc2cn[nH]c2N)c(F)c1. The monoisotopic (exact) mass is 264 g/mol. The minimum Gasteiger partial charge on any atom is -0.497 e. The van der Waals surface area contributed by atoms with Gasteiger partial charge in [0.25, 0.3) is 5.91 Å². The van der Waals surface area contributed by atoms with E-state index in [9.17, 15) is 9.18 Å². The number of nitrogens with zero attached hydrogens (tertiary/aromatic N) is 1. The van der Waals surface area contributed by atoms with Crippen molar-refractivity contribution >= 4 is 11.7 Å². The van der Waals surface area contributed by atoms with Gasteiger partial charge in [-0.1, -0.05) is 0 Å². The van der Waals surface area contributed by atoms with E-state index in [-0.39, 0.29) is 12.1 Å². The molecule has 0 unspecified atom stereocenters. The van der Waals surface area contributed by atoms with Crippen molar-refractivity contribution < 1.29 is 13.9 Å². The van der Waals surface area contributed by atoms with Crippen LogP contribution in [0.5, 0.6) is 5.75 Å². The topological polar surface area (TPSA) is 93.0 Å². The van der Waals surface area contributed by atoms with E-state index in [1.54, 1.807) is 0 Å². The highest BCUT2D eigenvalue weighted by Gasteiger charge is 2.13. The summed E-state index contributed by atoms with van der Waals surface area (Å²) in [5.41, 5.74) is 6.16. The minimum absolute atomic E-state index is 0.0529. The number of nitrogen functional groups attached to an aromatic ring is 1. The van der Waals surface area contributed by atoms with Gasteiger partial charge in [-0.2, -0.15) is 5.10 Å². The maximum atomic E-state index is 13.6. The van der Waals surface area contributed by atoms with E-state index in [1.807, 2.05) is 0 Å². The Labute approximate surface area is 108 Å². The molecule has 0 fully saturated rings. The molecule has 1 aromatic carbocycles. The normalized spacial score (nSPS) is 10.2. The Morgan fingerprint density at radius 2 is 2.37 bits per heavy atom. The molecule has 6 nitrogen and oxygen atoms in total. The summed E-state index contributed by atoms with van der Waals surface area (Å²) in [6, 6.07) is 4.04. The van der Waals surface area contributed by atoms with Crippen LogP contribution >= 0.6 is 0 Å². The lowest BCUT2D eigenvalue weighted by atomic mass is 10.2. The molecule has 0 radical (unpaired) electrons. The van der Waals surface area contributed by atoms with Crippen LogP contribution in [0.3, 0.4) is 0 Å². The van der Waals surface area contributed by atoms with Crippen molar-refractivity contribution in [2.24, 2.45) is 0 Å². The molecule has 0 aliphatic carbocycles. The van der Waals surface area contributed by atoms with Gasteiger partial charge < -0.3 is 15.8 Å². The van der Waals surface area contributed by atoms with Gasteiger partial charge in [-0.05, 0) is 12.1 Å². The molecule has 0 saturated carbocycles. The van der Waals surface area contributed by atoms with Crippen LogP contribution in [0.15, 0.2) is 24.4 Å². The van der Waals surface area contributed by atoms with Gasteiger partial charge in [0.15, 0.2) is 0 Å². The number of ether oxygens (including phenoxy) is 1. The number of nitrogens with two attached hydrogens (primary N) is 1. The number of hydrogen-bond donors (Lipinski definition) is 3. The van der Waals surface area contributed by atoms with Crippen molar-refractivity contribution in [2.75, 3.05) is 12.8 Å². The Morgan fingerprint density at radius 3 is 2.95 bits per heavy atom. The largest absolute Gasteiger partial charge is 0.497 e. The predicted molar refractivity (Wildman–Crippen MR) is 67.1 cm³/mol. The van der Waals surface area contributed by atoms with E-state index in [0.29, 0.717) is 17.1 Å². The molecular weight excluding hydrogens is 251 g/mol. The van der Waals surface area contributed by atoms with Crippen LogP contribution in [-0.2, 0) is 6.54 Å². The maximum Gasteiger partial charge on any atom is 0.254 e. The number of aromatic amines is 1. The van der Waals surface area contributed by atoms with E-state index in [2.05, 4.69) is 15.5 Å². The lowest BCUT2D eigenvalue weighted by Gasteiger charge is -2.06. The fraction of sp³-hybridized carbons (Fsp3) is 0.167.